The second-order valence-corrected chi connectivity index (χ2v) is 9.00. The molecule has 5 heteroatoms. The van der Waals surface area contributed by atoms with E-state index in [9.17, 15) is 4.79 Å². The fraction of sp³-hybridized carbons (Fsp3) is 0.241. The Morgan fingerprint density at radius 2 is 1.62 bits per heavy atom. The van der Waals surface area contributed by atoms with E-state index in [0.29, 0.717) is 6.42 Å². The van der Waals surface area contributed by atoms with Crippen molar-refractivity contribution in [2.45, 2.75) is 19.9 Å². The minimum Gasteiger partial charge on any atom is -0.367 e. The van der Waals surface area contributed by atoms with Crippen molar-refractivity contribution in [2.75, 3.05) is 36.4 Å². The van der Waals surface area contributed by atoms with Crippen molar-refractivity contribution in [1.29, 1.82) is 0 Å². The molecule has 5 nitrogen and oxygen atoms in total. The van der Waals surface area contributed by atoms with E-state index < -0.39 is 0 Å². The van der Waals surface area contributed by atoms with Crippen LogP contribution in [-0.2, 0) is 17.8 Å². The minimum absolute atomic E-state index is 0.0216. The molecule has 34 heavy (non-hydrogen) atoms. The molecular weight excluding hydrogens is 420 g/mol. The number of hydrogen-bond donors (Lipinski definition) is 1. The van der Waals surface area contributed by atoms with E-state index >= 15 is 0 Å². The van der Waals surface area contributed by atoms with Gasteiger partial charge in [0.1, 0.15) is 0 Å². The number of para-hydroxylation sites is 1. The van der Waals surface area contributed by atoms with Gasteiger partial charge in [0.2, 0.25) is 5.91 Å². The Balaban J connectivity index is 1.35. The van der Waals surface area contributed by atoms with Crippen molar-refractivity contribution in [3.63, 3.8) is 0 Å². The number of carbonyl (C=O) groups excluding carboxylic acids is 1. The number of nitrogens with zero attached hydrogens (tertiary/aromatic N) is 3. The summed E-state index contributed by atoms with van der Waals surface area (Å²) in [5.74, 6) is -0.0216. The van der Waals surface area contributed by atoms with E-state index in [4.69, 9.17) is 0 Å². The first kappa shape index (κ1) is 22.1. The van der Waals surface area contributed by atoms with Crippen LogP contribution in [-0.4, -0.2) is 42.0 Å². The van der Waals surface area contributed by atoms with Gasteiger partial charge in [-0.15, -0.1) is 0 Å². The Morgan fingerprint density at radius 3 is 2.41 bits per heavy atom. The number of fused-ring (bicyclic) bond motifs is 1. The van der Waals surface area contributed by atoms with Crippen molar-refractivity contribution >= 4 is 28.2 Å². The molecule has 4 aromatic rings. The van der Waals surface area contributed by atoms with Gasteiger partial charge in [-0.2, -0.15) is 0 Å². The van der Waals surface area contributed by atoms with Gasteiger partial charge in [-0.25, -0.2) is 0 Å². The van der Waals surface area contributed by atoms with Gasteiger partial charge < -0.3 is 10.2 Å². The van der Waals surface area contributed by atoms with Crippen molar-refractivity contribution in [2.24, 2.45) is 0 Å². The number of amides is 1. The fourth-order valence-electron chi connectivity index (χ4n) is 4.73. The molecule has 1 N–H and O–H groups in total. The molecule has 2 heterocycles. The maximum Gasteiger partial charge on any atom is 0.228 e. The second kappa shape index (κ2) is 10.1. The summed E-state index contributed by atoms with van der Waals surface area (Å²) in [5.41, 5.74) is 6.32. The number of aryl methyl sites for hydroxylation is 1. The first-order chi connectivity index (χ1) is 16.7. The maximum absolute atomic E-state index is 13.0. The van der Waals surface area contributed by atoms with E-state index in [-0.39, 0.29) is 5.91 Å². The molecule has 1 aromatic heterocycles. The van der Waals surface area contributed by atoms with Gasteiger partial charge in [-0.1, -0.05) is 78.4 Å². The Bertz CT molecular complexity index is 1280. The lowest BCUT2D eigenvalue weighted by Gasteiger charge is -2.37. The molecule has 0 radical (unpaired) electrons. The first-order valence-corrected chi connectivity index (χ1v) is 11.9. The number of piperazine rings is 1. The van der Waals surface area contributed by atoms with Crippen molar-refractivity contribution < 1.29 is 4.79 Å². The molecule has 0 spiro atoms. The van der Waals surface area contributed by atoms with Crippen molar-refractivity contribution in [3.8, 4) is 0 Å². The molecule has 0 saturated carbocycles. The summed E-state index contributed by atoms with van der Waals surface area (Å²) in [5, 5.41) is 4.24. The van der Waals surface area contributed by atoms with Gasteiger partial charge in [0.15, 0.2) is 0 Å². The second-order valence-electron chi connectivity index (χ2n) is 9.00. The van der Waals surface area contributed by atoms with Gasteiger partial charge in [-0.3, -0.25) is 14.7 Å². The zero-order chi connectivity index (χ0) is 23.3. The average molecular weight is 451 g/mol. The van der Waals surface area contributed by atoms with Gasteiger partial charge >= 0.3 is 0 Å². The van der Waals surface area contributed by atoms with Crippen molar-refractivity contribution in [1.82, 2.24) is 9.88 Å². The SMILES string of the molecule is Cc1cccc(CC(=O)Nc2cnc3ccccc3c2N2CCN(Cc3ccccc3)CC2)c1. The molecular formula is C29H30N4O. The zero-order valence-electron chi connectivity index (χ0n) is 19.6. The van der Waals surface area contributed by atoms with Crippen LogP contribution < -0.4 is 10.2 Å². The molecule has 1 aliphatic rings. The monoisotopic (exact) mass is 450 g/mol. The van der Waals surface area contributed by atoms with Crippen LogP contribution in [0, 0.1) is 6.92 Å². The third kappa shape index (κ3) is 5.10. The molecule has 172 valence electrons. The lowest BCUT2D eigenvalue weighted by atomic mass is 10.1. The predicted octanol–water partition coefficient (Wildman–Crippen LogP) is 5.05. The van der Waals surface area contributed by atoms with E-state index in [1.807, 2.05) is 49.5 Å². The standard InChI is InChI=1S/C29H30N4O/c1-22-8-7-11-24(18-22)19-28(34)31-27-20-30-26-13-6-5-12-25(26)29(27)33-16-14-32(15-17-33)21-23-9-3-2-4-10-23/h2-13,18,20H,14-17,19,21H2,1H3,(H,31,34). The van der Waals surface area contributed by atoms with Crippen LogP contribution in [0.1, 0.15) is 16.7 Å². The van der Waals surface area contributed by atoms with E-state index in [0.717, 1.165) is 66.1 Å². The summed E-state index contributed by atoms with van der Waals surface area (Å²) in [6.07, 6.45) is 2.15. The van der Waals surface area contributed by atoms with Crippen LogP contribution in [0.4, 0.5) is 11.4 Å². The van der Waals surface area contributed by atoms with Crippen LogP contribution in [0.5, 0.6) is 0 Å². The van der Waals surface area contributed by atoms with Crippen molar-refractivity contribution in [3.05, 3.63) is 102 Å². The normalized spacial score (nSPS) is 14.3. The Labute approximate surface area is 201 Å². The largest absolute Gasteiger partial charge is 0.367 e. The summed E-state index contributed by atoms with van der Waals surface area (Å²) in [6, 6.07) is 26.9. The quantitative estimate of drug-likeness (QED) is 0.447. The molecule has 1 aliphatic heterocycles. The highest BCUT2D eigenvalue weighted by molar-refractivity contribution is 6.03. The molecule has 5 rings (SSSR count). The molecule has 0 bridgehead atoms. The van der Waals surface area contributed by atoms with Gasteiger partial charge in [-0.05, 0) is 24.1 Å². The molecule has 1 fully saturated rings. The van der Waals surface area contributed by atoms with E-state index in [1.54, 1.807) is 0 Å². The lowest BCUT2D eigenvalue weighted by Crippen LogP contribution is -2.46. The minimum atomic E-state index is -0.0216. The van der Waals surface area contributed by atoms with Crippen LogP contribution in [0.25, 0.3) is 10.9 Å². The summed E-state index contributed by atoms with van der Waals surface area (Å²) >= 11 is 0. The highest BCUT2D eigenvalue weighted by Gasteiger charge is 2.22. The zero-order valence-corrected chi connectivity index (χ0v) is 19.6. The molecule has 1 saturated heterocycles. The Morgan fingerprint density at radius 1 is 0.882 bits per heavy atom. The average Bonchev–Trinajstić information content (AvgIpc) is 2.85. The number of anilines is 2. The summed E-state index contributed by atoms with van der Waals surface area (Å²) in [7, 11) is 0. The molecule has 3 aromatic carbocycles. The molecule has 1 amide bonds. The topological polar surface area (TPSA) is 48.5 Å². The third-order valence-electron chi connectivity index (χ3n) is 6.41. The lowest BCUT2D eigenvalue weighted by molar-refractivity contribution is -0.115. The van der Waals surface area contributed by atoms with Gasteiger partial charge in [0, 0.05) is 38.1 Å². The number of pyridine rings is 1. The van der Waals surface area contributed by atoms with Crippen LogP contribution >= 0.6 is 0 Å². The van der Waals surface area contributed by atoms with E-state index in [2.05, 4.69) is 62.6 Å². The molecule has 0 atom stereocenters. The smallest absolute Gasteiger partial charge is 0.228 e. The van der Waals surface area contributed by atoms with Crippen LogP contribution in [0.2, 0.25) is 0 Å². The number of aromatic nitrogens is 1. The number of carbonyl (C=O) groups is 1. The predicted molar refractivity (Wildman–Crippen MR) is 139 cm³/mol. The number of benzene rings is 3. The highest BCUT2D eigenvalue weighted by atomic mass is 16.1. The third-order valence-corrected chi connectivity index (χ3v) is 6.41. The number of rotatable bonds is 6. The number of nitrogens with one attached hydrogen (secondary N) is 1. The fourth-order valence-corrected chi connectivity index (χ4v) is 4.73. The first-order valence-electron chi connectivity index (χ1n) is 11.9. The molecule has 0 unspecified atom stereocenters. The number of hydrogen-bond acceptors (Lipinski definition) is 4. The Hall–Kier alpha value is -3.70. The summed E-state index contributed by atoms with van der Waals surface area (Å²) in [6.45, 7) is 6.77. The van der Waals surface area contributed by atoms with Gasteiger partial charge in [0.25, 0.3) is 0 Å². The highest BCUT2D eigenvalue weighted by Crippen LogP contribution is 2.34. The maximum atomic E-state index is 13.0. The van der Waals surface area contributed by atoms with E-state index in [1.165, 1.54) is 5.56 Å². The van der Waals surface area contributed by atoms with Crippen LogP contribution in [0.3, 0.4) is 0 Å². The molecule has 0 aliphatic carbocycles. The summed E-state index contributed by atoms with van der Waals surface area (Å²) < 4.78 is 0. The summed E-state index contributed by atoms with van der Waals surface area (Å²) in [4.78, 5) is 22.5. The van der Waals surface area contributed by atoms with Crippen LogP contribution in [0.15, 0.2) is 85.1 Å². The Kier molecular flexibility index (Phi) is 6.54. The van der Waals surface area contributed by atoms with Gasteiger partial charge in [0.05, 0.1) is 29.5 Å².